The predicted octanol–water partition coefficient (Wildman–Crippen LogP) is 0.489. The molecule has 0 aromatic rings. The van der Waals surface area contributed by atoms with Crippen molar-refractivity contribution in [3.63, 3.8) is 0 Å². The van der Waals surface area contributed by atoms with Gasteiger partial charge in [-0.15, -0.1) is 0 Å². The van der Waals surface area contributed by atoms with Gasteiger partial charge in [-0.25, -0.2) is 4.79 Å². The number of ether oxygens (including phenoxy) is 1. The lowest BCUT2D eigenvalue weighted by Gasteiger charge is -2.01. The van der Waals surface area contributed by atoms with E-state index in [1.165, 1.54) is 6.07 Å². The molecule has 0 aliphatic heterocycles. The molecule has 0 amide bonds. The summed E-state index contributed by atoms with van der Waals surface area (Å²) >= 11 is 0. The summed E-state index contributed by atoms with van der Waals surface area (Å²) in [6.07, 6.45) is 0.802. The zero-order valence-electron chi connectivity index (χ0n) is 8.89. The maximum atomic E-state index is 11.1. The molecule has 0 aliphatic rings. The summed E-state index contributed by atoms with van der Waals surface area (Å²) in [6, 6.07) is 1.52. The Balaban J connectivity index is 5.09. The molecule has 0 spiro atoms. The van der Waals surface area contributed by atoms with Crippen LogP contribution in [0.25, 0.3) is 0 Å². The molecule has 0 N–H and O–H groups in total. The highest BCUT2D eigenvalue weighted by atomic mass is 32.2. The van der Waals surface area contributed by atoms with Crippen molar-refractivity contribution in [3.05, 3.63) is 23.1 Å². The van der Waals surface area contributed by atoms with Gasteiger partial charge in [0.15, 0.2) is 0 Å². The standard InChI is InChI=1S/C9H11NO5S/c1-4-15-9(11)8(6-10)5-7(2)16(12,13)14-3/h5H,2,4H2,1,3H3/b8-5+. The van der Waals surface area contributed by atoms with Crippen molar-refractivity contribution in [1.29, 1.82) is 5.26 Å². The van der Waals surface area contributed by atoms with E-state index in [-0.39, 0.29) is 6.61 Å². The molecule has 0 saturated carbocycles. The fourth-order valence-corrected chi connectivity index (χ4v) is 1.16. The molecule has 7 heteroatoms. The minimum Gasteiger partial charge on any atom is -0.462 e. The molecule has 0 radical (unpaired) electrons. The van der Waals surface area contributed by atoms with Crippen LogP contribution < -0.4 is 0 Å². The van der Waals surface area contributed by atoms with E-state index in [0.717, 1.165) is 13.2 Å². The first-order valence-corrected chi connectivity index (χ1v) is 5.58. The van der Waals surface area contributed by atoms with Crippen molar-refractivity contribution in [1.82, 2.24) is 0 Å². The van der Waals surface area contributed by atoms with E-state index < -0.39 is 26.6 Å². The summed E-state index contributed by atoms with van der Waals surface area (Å²) in [6.45, 7) is 4.83. The van der Waals surface area contributed by atoms with Gasteiger partial charge in [0.25, 0.3) is 10.1 Å². The number of rotatable bonds is 5. The van der Waals surface area contributed by atoms with Gasteiger partial charge in [-0.1, -0.05) is 6.58 Å². The number of hydrogen-bond acceptors (Lipinski definition) is 6. The van der Waals surface area contributed by atoms with Crippen LogP contribution in [0.2, 0.25) is 0 Å². The Hall–Kier alpha value is -1.65. The van der Waals surface area contributed by atoms with Crippen molar-refractivity contribution in [2.75, 3.05) is 13.7 Å². The highest BCUT2D eigenvalue weighted by molar-refractivity contribution is 7.90. The fourth-order valence-electron chi connectivity index (χ4n) is 0.686. The maximum absolute atomic E-state index is 11.1. The lowest BCUT2D eigenvalue weighted by Crippen LogP contribution is -2.09. The minimum absolute atomic E-state index is 0.0847. The van der Waals surface area contributed by atoms with E-state index in [1.54, 1.807) is 6.92 Å². The number of hydrogen-bond donors (Lipinski definition) is 0. The summed E-state index contributed by atoms with van der Waals surface area (Å²) in [5.74, 6) is -0.905. The second-order valence-electron chi connectivity index (χ2n) is 2.48. The molecule has 0 unspecified atom stereocenters. The van der Waals surface area contributed by atoms with E-state index in [1.807, 2.05) is 0 Å². The minimum atomic E-state index is -3.98. The van der Waals surface area contributed by atoms with Gasteiger partial charge in [0, 0.05) is 0 Å². The molecule has 0 fully saturated rings. The summed E-state index contributed by atoms with van der Waals surface area (Å²) < 4.78 is 30.9. The van der Waals surface area contributed by atoms with Crippen LogP contribution in [0.3, 0.4) is 0 Å². The first-order chi connectivity index (χ1) is 7.38. The van der Waals surface area contributed by atoms with Gasteiger partial charge in [0.05, 0.1) is 18.6 Å². The van der Waals surface area contributed by atoms with E-state index in [0.29, 0.717) is 0 Å². The second kappa shape index (κ2) is 6.05. The van der Waals surface area contributed by atoms with Crippen molar-refractivity contribution < 1.29 is 22.1 Å². The van der Waals surface area contributed by atoms with Crippen LogP contribution in [0.1, 0.15) is 6.92 Å². The molecule has 0 heterocycles. The summed E-state index contributed by atoms with van der Waals surface area (Å²) in [5, 5.41) is 8.61. The largest absolute Gasteiger partial charge is 0.462 e. The van der Waals surface area contributed by atoms with E-state index >= 15 is 0 Å². The van der Waals surface area contributed by atoms with E-state index in [2.05, 4.69) is 15.5 Å². The number of nitriles is 1. The summed E-state index contributed by atoms with van der Waals surface area (Å²) in [5.41, 5.74) is -0.451. The van der Waals surface area contributed by atoms with Crippen LogP contribution in [-0.4, -0.2) is 28.1 Å². The van der Waals surface area contributed by atoms with Crippen LogP contribution in [0.4, 0.5) is 0 Å². The number of nitrogens with zero attached hydrogens (tertiary/aromatic N) is 1. The van der Waals surface area contributed by atoms with Crippen LogP contribution in [0, 0.1) is 11.3 Å². The molecule has 88 valence electrons. The van der Waals surface area contributed by atoms with Gasteiger partial charge in [0.2, 0.25) is 0 Å². The highest BCUT2D eigenvalue weighted by Gasteiger charge is 2.16. The average Bonchev–Trinajstić information content (AvgIpc) is 2.25. The average molecular weight is 245 g/mol. The van der Waals surface area contributed by atoms with Crippen molar-refractivity contribution in [2.24, 2.45) is 0 Å². The van der Waals surface area contributed by atoms with Crippen molar-refractivity contribution in [3.8, 4) is 6.07 Å². The Morgan fingerprint density at radius 3 is 2.50 bits per heavy atom. The van der Waals surface area contributed by atoms with E-state index in [9.17, 15) is 13.2 Å². The third-order valence-corrected chi connectivity index (χ3v) is 2.66. The summed E-state index contributed by atoms with van der Waals surface area (Å²) in [7, 11) is -3.03. The Morgan fingerprint density at radius 2 is 2.12 bits per heavy atom. The molecule has 0 aromatic heterocycles. The molecule has 0 bridgehead atoms. The van der Waals surface area contributed by atoms with Gasteiger partial charge < -0.3 is 4.74 Å². The highest BCUT2D eigenvalue weighted by Crippen LogP contribution is 2.10. The first-order valence-electron chi connectivity index (χ1n) is 4.17. The van der Waals surface area contributed by atoms with Gasteiger partial charge in [-0.3, -0.25) is 4.18 Å². The molecule has 0 rings (SSSR count). The van der Waals surface area contributed by atoms with Gasteiger partial charge in [-0.05, 0) is 13.0 Å². The summed E-state index contributed by atoms with van der Waals surface area (Å²) in [4.78, 5) is 10.6. The van der Waals surface area contributed by atoms with Crippen LogP contribution >= 0.6 is 0 Å². The molecule has 0 atom stereocenters. The smallest absolute Gasteiger partial charge is 0.348 e. The van der Waals surface area contributed by atoms with Gasteiger partial charge >= 0.3 is 5.97 Å². The third-order valence-electron chi connectivity index (χ3n) is 1.46. The molecular weight excluding hydrogens is 234 g/mol. The Labute approximate surface area is 93.9 Å². The second-order valence-corrected chi connectivity index (χ2v) is 4.24. The van der Waals surface area contributed by atoms with Gasteiger partial charge in [-0.2, -0.15) is 13.7 Å². The van der Waals surface area contributed by atoms with Crippen molar-refractivity contribution >= 4 is 16.1 Å². The van der Waals surface area contributed by atoms with E-state index in [4.69, 9.17) is 5.26 Å². The monoisotopic (exact) mass is 245 g/mol. The fraction of sp³-hybridized carbons (Fsp3) is 0.333. The molecular formula is C9H11NO5S. The SMILES string of the molecule is C=C(/C=C(\C#N)C(=O)OCC)S(=O)(=O)OC. The molecule has 0 saturated heterocycles. The Morgan fingerprint density at radius 1 is 1.56 bits per heavy atom. The van der Waals surface area contributed by atoms with Crippen LogP contribution in [0.5, 0.6) is 0 Å². The topological polar surface area (TPSA) is 93.5 Å². The Bertz CT molecular complexity index is 455. The number of esters is 1. The lowest BCUT2D eigenvalue weighted by molar-refractivity contribution is -0.138. The molecule has 0 aliphatic carbocycles. The number of carbonyl (C=O) groups excluding carboxylic acids is 1. The maximum Gasteiger partial charge on any atom is 0.348 e. The molecule has 6 nitrogen and oxygen atoms in total. The quantitative estimate of drug-likeness (QED) is 0.230. The van der Waals surface area contributed by atoms with Gasteiger partial charge in [0.1, 0.15) is 11.6 Å². The van der Waals surface area contributed by atoms with Crippen molar-refractivity contribution in [2.45, 2.75) is 6.92 Å². The molecule has 16 heavy (non-hydrogen) atoms. The lowest BCUT2D eigenvalue weighted by atomic mass is 10.3. The first kappa shape index (κ1) is 14.3. The third kappa shape index (κ3) is 3.84. The zero-order valence-corrected chi connectivity index (χ0v) is 9.70. The predicted molar refractivity (Wildman–Crippen MR) is 55.4 cm³/mol. The van der Waals surface area contributed by atoms with Crippen LogP contribution in [-0.2, 0) is 23.8 Å². The number of allylic oxidation sites excluding steroid dienone is 1. The van der Waals surface area contributed by atoms with Crippen LogP contribution in [0.15, 0.2) is 23.1 Å². The Kier molecular flexibility index (Phi) is 5.42. The zero-order chi connectivity index (χ0) is 12.8. The molecule has 0 aromatic carbocycles. The number of carbonyl (C=O) groups is 1. The normalized spacial score (nSPS) is 11.7.